The molecule has 3 rings (SSSR count). The van der Waals surface area contributed by atoms with Gasteiger partial charge in [0.2, 0.25) is 0 Å². The molecule has 1 aromatic rings. The summed E-state index contributed by atoms with van der Waals surface area (Å²) in [6.45, 7) is 3.01. The van der Waals surface area contributed by atoms with E-state index in [1.165, 1.54) is 43.2 Å². The van der Waals surface area contributed by atoms with Crippen molar-refractivity contribution < 1.29 is 4.74 Å². The second kappa shape index (κ2) is 6.39. The molecule has 1 aliphatic heterocycles. The van der Waals surface area contributed by atoms with Crippen molar-refractivity contribution >= 4 is 15.9 Å². The van der Waals surface area contributed by atoms with Crippen molar-refractivity contribution in [3.63, 3.8) is 0 Å². The quantitative estimate of drug-likeness (QED) is 0.823. The van der Waals surface area contributed by atoms with Crippen molar-refractivity contribution in [2.24, 2.45) is 11.7 Å². The van der Waals surface area contributed by atoms with Gasteiger partial charge in [-0.2, -0.15) is 0 Å². The van der Waals surface area contributed by atoms with Crippen molar-refractivity contribution in [2.75, 3.05) is 6.61 Å². The highest BCUT2D eigenvalue weighted by atomic mass is 79.9. The van der Waals surface area contributed by atoms with Gasteiger partial charge in [0.05, 0.1) is 5.60 Å². The fourth-order valence-electron chi connectivity index (χ4n) is 4.06. The van der Waals surface area contributed by atoms with Gasteiger partial charge in [-0.05, 0) is 55.7 Å². The Morgan fingerprint density at radius 1 is 1.29 bits per heavy atom. The number of benzene rings is 1. The lowest BCUT2D eigenvalue weighted by molar-refractivity contribution is -0.120. The summed E-state index contributed by atoms with van der Waals surface area (Å²) in [6, 6.07) is 6.67. The van der Waals surface area contributed by atoms with Gasteiger partial charge in [-0.1, -0.05) is 47.3 Å². The van der Waals surface area contributed by atoms with E-state index in [4.69, 9.17) is 10.5 Å². The van der Waals surface area contributed by atoms with Gasteiger partial charge < -0.3 is 10.5 Å². The number of halogens is 1. The molecule has 21 heavy (non-hydrogen) atoms. The number of nitrogens with two attached hydrogens (primary N) is 1. The first-order valence-corrected chi connectivity index (χ1v) is 9.05. The minimum absolute atomic E-state index is 0.138. The van der Waals surface area contributed by atoms with Gasteiger partial charge in [-0.3, -0.25) is 0 Å². The molecule has 0 aromatic heterocycles. The van der Waals surface area contributed by atoms with Gasteiger partial charge in [-0.25, -0.2) is 0 Å². The molecule has 1 aliphatic carbocycles. The van der Waals surface area contributed by atoms with Crippen LogP contribution in [0, 0.1) is 12.8 Å². The summed E-state index contributed by atoms with van der Waals surface area (Å²) < 4.78 is 7.36. The Bertz CT molecular complexity index is 490. The number of ether oxygens (including phenoxy) is 1. The molecule has 2 unspecified atom stereocenters. The first-order valence-electron chi connectivity index (χ1n) is 8.25. The molecule has 1 saturated carbocycles. The van der Waals surface area contributed by atoms with Crippen LogP contribution in [0.25, 0.3) is 0 Å². The molecular formula is C18H26BrNO. The summed E-state index contributed by atoms with van der Waals surface area (Å²) in [5.74, 6) is 0.553. The monoisotopic (exact) mass is 351 g/mol. The van der Waals surface area contributed by atoms with Gasteiger partial charge in [0.25, 0.3) is 0 Å². The van der Waals surface area contributed by atoms with Crippen LogP contribution in [-0.4, -0.2) is 12.2 Å². The van der Waals surface area contributed by atoms with Crippen LogP contribution in [0.2, 0.25) is 0 Å². The SMILES string of the molecule is Cc1cc(C(N)C2CCOC3(CCCCC3)C2)ccc1Br. The molecule has 0 bridgehead atoms. The highest BCUT2D eigenvalue weighted by Crippen LogP contribution is 2.43. The van der Waals surface area contributed by atoms with Crippen LogP contribution < -0.4 is 5.73 Å². The zero-order valence-corrected chi connectivity index (χ0v) is 14.5. The maximum atomic E-state index is 6.61. The van der Waals surface area contributed by atoms with Gasteiger partial charge in [0, 0.05) is 17.1 Å². The summed E-state index contributed by atoms with van der Waals surface area (Å²) >= 11 is 3.57. The Balaban J connectivity index is 1.74. The van der Waals surface area contributed by atoms with Crippen molar-refractivity contribution in [3.05, 3.63) is 33.8 Å². The lowest BCUT2D eigenvalue weighted by Gasteiger charge is -2.45. The van der Waals surface area contributed by atoms with E-state index < -0.39 is 0 Å². The summed E-state index contributed by atoms with van der Waals surface area (Å²) in [4.78, 5) is 0. The average molecular weight is 352 g/mol. The lowest BCUT2D eigenvalue weighted by Crippen LogP contribution is -2.44. The van der Waals surface area contributed by atoms with Crippen LogP contribution >= 0.6 is 15.9 Å². The molecule has 3 heteroatoms. The minimum Gasteiger partial charge on any atom is -0.375 e. The normalized spacial score (nSPS) is 26.7. The van der Waals surface area contributed by atoms with Crippen LogP contribution in [-0.2, 0) is 4.74 Å². The van der Waals surface area contributed by atoms with E-state index in [1.807, 2.05) is 0 Å². The Morgan fingerprint density at radius 3 is 2.76 bits per heavy atom. The molecule has 1 spiro atoms. The largest absolute Gasteiger partial charge is 0.375 e. The third-order valence-corrected chi connectivity index (χ3v) is 6.26. The molecule has 2 atom stereocenters. The molecule has 0 amide bonds. The van der Waals surface area contributed by atoms with E-state index in [1.54, 1.807) is 0 Å². The highest BCUT2D eigenvalue weighted by molar-refractivity contribution is 9.10. The molecular weight excluding hydrogens is 326 g/mol. The van der Waals surface area contributed by atoms with Crippen LogP contribution in [0.4, 0.5) is 0 Å². The number of aryl methyl sites for hydroxylation is 1. The van der Waals surface area contributed by atoms with E-state index in [0.717, 1.165) is 23.9 Å². The molecule has 116 valence electrons. The summed E-state index contributed by atoms with van der Waals surface area (Å²) in [5, 5.41) is 0. The number of rotatable bonds is 2. The standard InChI is InChI=1S/C18H26BrNO/c1-13-11-14(5-6-16(13)19)17(20)15-7-10-21-18(12-15)8-3-2-4-9-18/h5-6,11,15,17H,2-4,7-10,12,20H2,1H3. The molecule has 0 radical (unpaired) electrons. The van der Waals surface area contributed by atoms with E-state index in [-0.39, 0.29) is 11.6 Å². The second-order valence-corrected chi connectivity index (χ2v) is 7.73. The molecule has 2 aliphatic rings. The van der Waals surface area contributed by atoms with E-state index in [2.05, 4.69) is 41.1 Å². The molecule has 2 nitrogen and oxygen atoms in total. The van der Waals surface area contributed by atoms with Crippen LogP contribution in [0.3, 0.4) is 0 Å². The zero-order valence-electron chi connectivity index (χ0n) is 12.9. The van der Waals surface area contributed by atoms with Crippen molar-refractivity contribution in [3.8, 4) is 0 Å². The Labute approximate surface area is 136 Å². The highest BCUT2D eigenvalue weighted by Gasteiger charge is 2.40. The maximum Gasteiger partial charge on any atom is 0.0685 e. The topological polar surface area (TPSA) is 35.2 Å². The average Bonchev–Trinajstić information content (AvgIpc) is 2.50. The van der Waals surface area contributed by atoms with Crippen molar-refractivity contribution in [2.45, 2.75) is 63.5 Å². The van der Waals surface area contributed by atoms with Crippen molar-refractivity contribution in [1.82, 2.24) is 0 Å². The lowest BCUT2D eigenvalue weighted by atomic mass is 9.73. The molecule has 2 fully saturated rings. The smallest absolute Gasteiger partial charge is 0.0685 e. The van der Waals surface area contributed by atoms with E-state index in [9.17, 15) is 0 Å². The Hall–Kier alpha value is -0.380. The third-order valence-electron chi connectivity index (χ3n) is 5.37. The zero-order chi connectivity index (χ0) is 14.9. The third kappa shape index (κ3) is 3.35. The predicted molar refractivity (Wildman–Crippen MR) is 90.3 cm³/mol. The molecule has 2 N–H and O–H groups in total. The van der Waals surface area contributed by atoms with Gasteiger partial charge in [0.1, 0.15) is 0 Å². The first-order chi connectivity index (χ1) is 10.1. The van der Waals surface area contributed by atoms with Crippen LogP contribution in [0.1, 0.15) is 62.1 Å². The van der Waals surface area contributed by atoms with Crippen LogP contribution in [0.5, 0.6) is 0 Å². The number of hydrogen-bond donors (Lipinski definition) is 1. The molecule has 1 heterocycles. The molecule has 1 saturated heterocycles. The van der Waals surface area contributed by atoms with Crippen molar-refractivity contribution in [1.29, 1.82) is 0 Å². The van der Waals surface area contributed by atoms with Gasteiger partial charge in [-0.15, -0.1) is 0 Å². The van der Waals surface area contributed by atoms with Gasteiger partial charge in [0.15, 0.2) is 0 Å². The van der Waals surface area contributed by atoms with E-state index in [0.29, 0.717) is 5.92 Å². The van der Waals surface area contributed by atoms with E-state index >= 15 is 0 Å². The van der Waals surface area contributed by atoms with Gasteiger partial charge >= 0.3 is 0 Å². The predicted octanol–water partition coefficient (Wildman–Crippen LogP) is 4.89. The number of hydrogen-bond acceptors (Lipinski definition) is 2. The summed E-state index contributed by atoms with van der Waals surface area (Å²) in [5.41, 5.74) is 9.29. The second-order valence-electron chi connectivity index (χ2n) is 6.88. The fraction of sp³-hybridized carbons (Fsp3) is 0.667. The Morgan fingerprint density at radius 2 is 2.05 bits per heavy atom. The minimum atomic E-state index is 0.138. The summed E-state index contributed by atoms with van der Waals surface area (Å²) in [6.07, 6.45) is 8.71. The van der Waals surface area contributed by atoms with Crippen LogP contribution in [0.15, 0.2) is 22.7 Å². The summed E-state index contributed by atoms with van der Waals surface area (Å²) in [7, 11) is 0. The first kappa shape index (κ1) is 15.5. The fourth-order valence-corrected chi connectivity index (χ4v) is 4.31. The maximum absolute atomic E-state index is 6.61. The molecule has 1 aromatic carbocycles. The Kier molecular flexibility index (Phi) is 4.72.